The van der Waals surface area contributed by atoms with Crippen LogP contribution in [-0.2, 0) is 11.2 Å². The number of aliphatic hydroxyl groups is 1. The van der Waals surface area contributed by atoms with E-state index in [9.17, 15) is 9.59 Å². The summed E-state index contributed by atoms with van der Waals surface area (Å²) in [5, 5.41) is 12.0. The zero-order valence-electron chi connectivity index (χ0n) is 8.68. The molecule has 1 N–H and O–H groups in total. The minimum atomic E-state index is -0.804. The van der Waals surface area contributed by atoms with Gasteiger partial charge in [0, 0.05) is 25.2 Å². The number of thioether (sulfide) groups is 1. The van der Waals surface area contributed by atoms with Crippen molar-refractivity contribution in [1.82, 2.24) is 5.16 Å². The molecule has 0 aromatic carbocycles. The van der Waals surface area contributed by atoms with Crippen molar-refractivity contribution in [3.05, 3.63) is 16.5 Å². The molecule has 0 saturated heterocycles. The monoisotopic (exact) mass is 247 g/mol. The Morgan fingerprint density at radius 3 is 2.88 bits per heavy atom. The lowest BCUT2D eigenvalue weighted by molar-refractivity contribution is -0.111. The Bertz CT molecular complexity index is 372. The van der Waals surface area contributed by atoms with Crippen LogP contribution in [0.3, 0.4) is 0 Å². The Morgan fingerprint density at radius 1 is 1.44 bits per heavy atom. The Morgan fingerprint density at radius 2 is 2.25 bits per heavy atom. The van der Waals surface area contributed by atoms with E-state index in [0.717, 1.165) is 0 Å². The molecule has 1 aromatic heterocycles. The van der Waals surface area contributed by atoms with Crippen molar-refractivity contribution in [2.24, 2.45) is 0 Å². The van der Waals surface area contributed by atoms with Crippen molar-refractivity contribution in [1.29, 1.82) is 0 Å². The molecule has 0 unspecified atom stereocenters. The first-order valence-electron chi connectivity index (χ1n) is 4.94. The maximum absolute atomic E-state index is 11.2. The maximum atomic E-state index is 11.2. The second-order valence-electron chi connectivity index (χ2n) is 3.08. The van der Waals surface area contributed by atoms with Gasteiger partial charge in [0.15, 0.2) is 5.12 Å². The molecule has 0 atom stereocenters. The van der Waals surface area contributed by atoms with Crippen LogP contribution in [0.2, 0.25) is 0 Å². The summed E-state index contributed by atoms with van der Waals surface area (Å²) < 4.78 is 8.82. The van der Waals surface area contributed by atoms with Gasteiger partial charge in [0.1, 0.15) is 0 Å². The Labute approximate surface area is 96.0 Å². The lowest BCUT2D eigenvalue weighted by atomic mass is 10.3. The van der Waals surface area contributed by atoms with E-state index in [1.807, 2.05) is 0 Å². The van der Waals surface area contributed by atoms with Crippen molar-refractivity contribution in [2.75, 3.05) is 12.4 Å². The van der Waals surface area contributed by atoms with E-state index in [-0.39, 0.29) is 17.6 Å². The maximum Gasteiger partial charge on any atom is 0.542 e. The van der Waals surface area contributed by atoms with Gasteiger partial charge in [-0.25, -0.2) is 4.79 Å². The molecule has 6 nitrogen and oxygen atoms in total. The number of aromatic nitrogens is 1. The second kappa shape index (κ2) is 7.24. The highest BCUT2D eigenvalue weighted by Crippen LogP contribution is 2.10. The van der Waals surface area contributed by atoms with Crippen molar-refractivity contribution >= 4 is 16.9 Å². The van der Waals surface area contributed by atoms with Gasteiger partial charge in [-0.3, -0.25) is 9.32 Å². The second-order valence-corrected chi connectivity index (χ2v) is 4.23. The van der Waals surface area contributed by atoms with Crippen molar-refractivity contribution in [3.8, 4) is 0 Å². The van der Waals surface area contributed by atoms with Gasteiger partial charge in [0.2, 0.25) is 5.89 Å². The van der Waals surface area contributed by atoms with Crippen LogP contribution in [0.5, 0.6) is 0 Å². The molecular formula is C9H13NO5S. The topological polar surface area (TPSA) is 93.5 Å². The third kappa shape index (κ3) is 5.13. The molecule has 0 aliphatic heterocycles. The van der Waals surface area contributed by atoms with Crippen molar-refractivity contribution in [2.45, 2.75) is 25.7 Å². The number of carbonyl (C=O) groups is 1. The standard InChI is InChI=1S/C9H13NO5S/c11-5-1-4-8(12)16-6-2-3-7-10-15-9(13)14-7/h11H,1-6H2. The average Bonchev–Trinajstić information content (AvgIpc) is 2.67. The predicted molar refractivity (Wildman–Crippen MR) is 57.1 cm³/mol. The highest BCUT2D eigenvalue weighted by Gasteiger charge is 2.05. The number of aliphatic hydroxyl groups excluding tert-OH is 1. The molecule has 0 aliphatic rings. The molecule has 90 valence electrons. The summed E-state index contributed by atoms with van der Waals surface area (Å²) in [7, 11) is 0. The number of hydrogen-bond acceptors (Lipinski definition) is 7. The summed E-state index contributed by atoms with van der Waals surface area (Å²) in [5.41, 5.74) is 0. The van der Waals surface area contributed by atoms with Crippen LogP contribution in [0.25, 0.3) is 0 Å². The molecule has 7 heteroatoms. The molecule has 1 rings (SSSR count). The third-order valence-corrected chi connectivity index (χ3v) is 2.78. The first kappa shape index (κ1) is 13.0. The minimum Gasteiger partial charge on any atom is -0.396 e. The number of rotatable bonds is 7. The van der Waals surface area contributed by atoms with Gasteiger partial charge >= 0.3 is 5.82 Å². The highest BCUT2D eigenvalue weighted by atomic mass is 32.2. The fraction of sp³-hybridized carbons (Fsp3) is 0.667. The SMILES string of the molecule is O=C(CCCO)SCCCc1noc(=O)o1. The molecule has 1 heterocycles. The van der Waals surface area contributed by atoms with E-state index in [2.05, 4.69) is 14.1 Å². The van der Waals surface area contributed by atoms with Gasteiger partial charge < -0.3 is 9.52 Å². The largest absolute Gasteiger partial charge is 0.542 e. The zero-order valence-corrected chi connectivity index (χ0v) is 9.49. The molecular weight excluding hydrogens is 234 g/mol. The highest BCUT2D eigenvalue weighted by molar-refractivity contribution is 8.13. The van der Waals surface area contributed by atoms with Crippen LogP contribution >= 0.6 is 11.8 Å². The predicted octanol–water partition coefficient (Wildman–Crippen LogP) is 0.593. The van der Waals surface area contributed by atoms with Gasteiger partial charge in [-0.15, -0.1) is 0 Å². The van der Waals surface area contributed by atoms with Gasteiger partial charge in [-0.2, -0.15) is 0 Å². The van der Waals surface area contributed by atoms with Crippen LogP contribution < -0.4 is 5.82 Å². The van der Waals surface area contributed by atoms with Crippen LogP contribution in [0.15, 0.2) is 13.7 Å². The van der Waals surface area contributed by atoms with Gasteiger partial charge in [0.05, 0.1) is 0 Å². The van der Waals surface area contributed by atoms with E-state index < -0.39 is 5.82 Å². The summed E-state index contributed by atoms with van der Waals surface area (Å²) in [6.45, 7) is 0.0381. The number of carbonyl (C=O) groups excluding carboxylic acids is 1. The normalized spacial score (nSPS) is 10.6. The van der Waals surface area contributed by atoms with Gasteiger partial charge in [-0.1, -0.05) is 11.8 Å². The van der Waals surface area contributed by atoms with Crippen LogP contribution in [0, 0.1) is 0 Å². The van der Waals surface area contributed by atoms with Crippen molar-refractivity contribution < 1.29 is 18.8 Å². The van der Waals surface area contributed by atoms with E-state index in [1.54, 1.807) is 0 Å². The molecule has 1 aromatic rings. The summed E-state index contributed by atoms with van der Waals surface area (Å²) in [4.78, 5) is 21.6. The molecule has 0 aliphatic carbocycles. The summed E-state index contributed by atoms with van der Waals surface area (Å²) >= 11 is 1.21. The van der Waals surface area contributed by atoms with E-state index >= 15 is 0 Å². The van der Waals surface area contributed by atoms with Crippen molar-refractivity contribution in [3.63, 3.8) is 0 Å². The van der Waals surface area contributed by atoms with Gasteiger partial charge in [0.25, 0.3) is 0 Å². The molecule has 0 bridgehead atoms. The first-order chi connectivity index (χ1) is 7.72. The minimum absolute atomic E-state index is 0.0381. The summed E-state index contributed by atoms with van der Waals surface area (Å²) in [6, 6.07) is 0. The van der Waals surface area contributed by atoms with Crippen LogP contribution in [0.1, 0.15) is 25.2 Å². The molecule has 0 radical (unpaired) electrons. The molecule has 0 amide bonds. The molecule has 16 heavy (non-hydrogen) atoms. The van der Waals surface area contributed by atoms with Crippen LogP contribution in [-0.4, -0.2) is 27.7 Å². The first-order valence-corrected chi connectivity index (χ1v) is 5.93. The lowest BCUT2D eigenvalue weighted by Gasteiger charge is -1.97. The lowest BCUT2D eigenvalue weighted by Crippen LogP contribution is -1.97. The van der Waals surface area contributed by atoms with Gasteiger partial charge in [-0.05, 0) is 18.0 Å². The Balaban J connectivity index is 2.07. The summed E-state index contributed by atoms with van der Waals surface area (Å²) in [5.74, 6) is 0.0935. The zero-order chi connectivity index (χ0) is 11.8. The number of hydrogen-bond donors (Lipinski definition) is 1. The average molecular weight is 247 g/mol. The quantitative estimate of drug-likeness (QED) is 0.705. The van der Waals surface area contributed by atoms with Crippen LogP contribution in [0.4, 0.5) is 0 Å². The number of nitrogens with zero attached hydrogens (tertiary/aromatic N) is 1. The van der Waals surface area contributed by atoms with E-state index in [1.165, 1.54) is 11.8 Å². The third-order valence-electron chi connectivity index (χ3n) is 1.76. The smallest absolute Gasteiger partial charge is 0.396 e. The fourth-order valence-electron chi connectivity index (χ4n) is 1.02. The fourth-order valence-corrected chi connectivity index (χ4v) is 1.83. The molecule has 0 saturated carbocycles. The number of aryl methyl sites for hydroxylation is 1. The molecule has 0 fully saturated rings. The Kier molecular flexibility index (Phi) is 5.87. The molecule has 0 spiro atoms. The summed E-state index contributed by atoms with van der Waals surface area (Å²) in [6.07, 6.45) is 2.06. The van der Waals surface area contributed by atoms with E-state index in [4.69, 9.17) is 5.11 Å². The Hall–Kier alpha value is -1.08. The van der Waals surface area contributed by atoms with E-state index in [0.29, 0.717) is 31.4 Å².